The number of amides is 1. The Hall–Kier alpha value is -2.65. The molecule has 0 spiro atoms. The van der Waals surface area contributed by atoms with Gasteiger partial charge in [0.15, 0.2) is 0 Å². The molecule has 0 unspecified atom stereocenters. The van der Waals surface area contributed by atoms with Crippen LogP contribution < -0.4 is 5.32 Å². The van der Waals surface area contributed by atoms with E-state index in [1.165, 1.54) is 0 Å². The Kier molecular flexibility index (Phi) is 4.17. The van der Waals surface area contributed by atoms with E-state index in [0.29, 0.717) is 10.6 Å². The molecule has 1 aromatic heterocycles. The highest BCUT2D eigenvalue weighted by Crippen LogP contribution is 2.22. The first-order valence-electron chi connectivity index (χ1n) is 6.80. The minimum Gasteiger partial charge on any atom is -0.322 e. The molecule has 0 aliphatic heterocycles. The Morgan fingerprint density at radius 3 is 2.36 bits per heavy atom. The summed E-state index contributed by atoms with van der Waals surface area (Å²) < 4.78 is 0. The highest BCUT2D eigenvalue weighted by atomic mass is 35.5. The van der Waals surface area contributed by atoms with E-state index in [1.54, 1.807) is 12.4 Å². The second-order valence-electron chi connectivity index (χ2n) is 4.79. The van der Waals surface area contributed by atoms with Gasteiger partial charge in [0, 0.05) is 28.7 Å². The number of para-hydroxylation sites is 1. The number of hydrogen-bond donors (Lipinski definition) is 1. The van der Waals surface area contributed by atoms with Crippen LogP contribution in [0.3, 0.4) is 0 Å². The van der Waals surface area contributed by atoms with Crippen molar-refractivity contribution in [2.24, 2.45) is 0 Å². The van der Waals surface area contributed by atoms with Crippen molar-refractivity contribution in [2.75, 3.05) is 5.32 Å². The van der Waals surface area contributed by atoms with E-state index in [2.05, 4.69) is 10.3 Å². The zero-order chi connectivity index (χ0) is 15.4. The minimum atomic E-state index is -0.186. The average molecular weight is 309 g/mol. The van der Waals surface area contributed by atoms with Crippen LogP contribution >= 0.6 is 11.6 Å². The minimum absolute atomic E-state index is 0.186. The number of hydrogen-bond acceptors (Lipinski definition) is 2. The van der Waals surface area contributed by atoms with Crippen LogP contribution in [-0.4, -0.2) is 10.9 Å². The number of nitrogens with one attached hydrogen (secondary N) is 1. The van der Waals surface area contributed by atoms with E-state index in [1.807, 2.05) is 60.7 Å². The predicted molar refractivity (Wildman–Crippen MR) is 89.1 cm³/mol. The second kappa shape index (κ2) is 6.41. The maximum absolute atomic E-state index is 12.3. The van der Waals surface area contributed by atoms with Crippen molar-refractivity contribution >= 4 is 23.2 Å². The predicted octanol–water partition coefficient (Wildman–Crippen LogP) is 4.65. The smallest absolute Gasteiger partial charge is 0.257 e. The van der Waals surface area contributed by atoms with Crippen LogP contribution in [-0.2, 0) is 0 Å². The molecule has 0 aliphatic carbocycles. The third kappa shape index (κ3) is 3.32. The number of anilines is 1. The fourth-order valence-electron chi connectivity index (χ4n) is 2.09. The third-order valence-electron chi connectivity index (χ3n) is 3.21. The molecule has 0 aliphatic rings. The maximum atomic E-state index is 12.3. The lowest BCUT2D eigenvalue weighted by atomic mass is 10.1. The summed E-state index contributed by atoms with van der Waals surface area (Å²) >= 11 is 5.89. The van der Waals surface area contributed by atoms with Crippen molar-refractivity contribution in [2.45, 2.75) is 0 Å². The zero-order valence-electron chi connectivity index (χ0n) is 11.7. The fourth-order valence-corrected chi connectivity index (χ4v) is 2.22. The Morgan fingerprint density at radius 2 is 1.64 bits per heavy atom. The third-order valence-corrected chi connectivity index (χ3v) is 3.46. The topological polar surface area (TPSA) is 42.0 Å². The van der Waals surface area contributed by atoms with Crippen LogP contribution in [0.25, 0.3) is 11.1 Å². The van der Waals surface area contributed by atoms with Gasteiger partial charge in [-0.2, -0.15) is 0 Å². The monoisotopic (exact) mass is 308 g/mol. The van der Waals surface area contributed by atoms with Gasteiger partial charge in [-0.15, -0.1) is 0 Å². The maximum Gasteiger partial charge on any atom is 0.257 e. The highest BCUT2D eigenvalue weighted by Gasteiger charge is 2.08. The van der Waals surface area contributed by atoms with Crippen LogP contribution in [0.5, 0.6) is 0 Å². The average Bonchev–Trinajstić information content (AvgIpc) is 2.56. The Balaban J connectivity index is 1.84. The van der Waals surface area contributed by atoms with E-state index < -0.39 is 0 Å². The van der Waals surface area contributed by atoms with Gasteiger partial charge in [-0.05, 0) is 35.9 Å². The summed E-state index contributed by atoms with van der Waals surface area (Å²) in [7, 11) is 0. The van der Waals surface area contributed by atoms with Gasteiger partial charge in [0.05, 0.1) is 5.56 Å². The summed E-state index contributed by atoms with van der Waals surface area (Å²) in [5, 5.41) is 3.52. The van der Waals surface area contributed by atoms with Crippen LogP contribution in [0.4, 0.5) is 5.69 Å². The lowest BCUT2D eigenvalue weighted by Gasteiger charge is -2.07. The molecule has 108 valence electrons. The van der Waals surface area contributed by atoms with Gasteiger partial charge in [0.25, 0.3) is 5.91 Å². The molecule has 0 fully saturated rings. The number of benzene rings is 2. The van der Waals surface area contributed by atoms with E-state index in [4.69, 9.17) is 11.6 Å². The molecule has 0 saturated carbocycles. The van der Waals surface area contributed by atoms with E-state index in [0.717, 1.165) is 16.8 Å². The van der Waals surface area contributed by atoms with E-state index in [-0.39, 0.29) is 5.91 Å². The van der Waals surface area contributed by atoms with Crippen molar-refractivity contribution in [3.8, 4) is 11.1 Å². The van der Waals surface area contributed by atoms with Gasteiger partial charge in [-0.1, -0.05) is 41.9 Å². The summed E-state index contributed by atoms with van der Waals surface area (Å²) in [6.07, 6.45) is 3.28. The number of rotatable bonds is 3. The normalized spacial score (nSPS) is 10.2. The summed E-state index contributed by atoms with van der Waals surface area (Å²) in [5.41, 5.74) is 3.10. The summed E-state index contributed by atoms with van der Waals surface area (Å²) in [6.45, 7) is 0. The molecule has 3 rings (SSSR count). The number of nitrogens with zero attached hydrogens (tertiary/aromatic N) is 1. The molecule has 0 bridgehead atoms. The molecule has 2 aromatic carbocycles. The first kappa shape index (κ1) is 14.3. The molecule has 0 saturated heterocycles. The van der Waals surface area contributed by atoms with Crippen molar-refractivity contribution in [3.05, 3.63) is 83.6 Å². The van der Waals surface area contributed by atoms with Crippen LogP contribution in [0.2, 0.25) is 5.02 Å². The zero-order valence-corrected chi connectivity index (χ0v) is 12.4. The number of pyridine rings is 1. The summed E-state index contributed by atoms with van der Waals surface area (Å²) in [4.78, 5) is 16.4. The van der Waals surface area contributed by atoms with E-state index >= 15 is 0 Å². The lowest BCUT2D eigenvalue weighted by Crippen LogP contribution is -2.12. The molecule has 3 nitrogen and oxygen atoms in total. The molecule has 22 heavy (non-hydrogen) atoms. The van der Waals surface area contributed by atoms with Gasteiger partial charge >= 0.3 is 0 Å². The van der Waals surface area contributed by atoms with Gasteiger partial charge in [-0.25, -0.2) is 0 Å². The van der Waals surface area contributed by atoms with Crippen molar-refractivity contribution in [3.63, 3.8) is 0 Å². The Labute approximate surface area is 133 Å². The largest absolute Gasteiger partial charge is 0.322 e. The highest BCUT2D eigenvalue weighted by molar-refractivity contribution is 6.30. The van der Waals surface area contributed by atoms with Crippen molar-refractivity contribution < 1.29 is 4.79 Å². The van der Waals surface area contributed by atoms with Crippen LogP contribution in [0.15, 0.2) is 73.1 Å². The fraction of sp³-hybridized carbons (Fsp3) is 0. The molecule has 1 amide bonds. The van der Waals surface area contributed by atoms with Gasteiger partial charge in [0.2, 0.25) is 0 Å². The summed E-state index contributed by atoms with van der Waals surface area (Å²) in [5.74, 6) is -0.186. The first-order chi connectivity index (χ1) is 10.7. The van der Waals surface area contributed by atoms with Crippen molar-refractivity contribution in [1.82, 2.24) is 4.98 Å². The molecular weight excluding hydrogens is 296 g/mol. The number of carbonyl (C=O) groups is 1. The number of aromatic nitrogens is 1. The Morgan fingerprint density at radius 1 is 0.909 bits per heavy atom. The molecule has 0 radical (unpaired) electrons. The quantitative estimate of drug-likeness (QED) is 0.765. The Bertz CT molecular complexity index is 786. The summed E-state index contributed by atoms with van der Waals surface area (Å²) in [6, 6.07) is 18.6. The SMILES string of the molecule is O=C(Nc1ccccc1)c1cncc(-c2ccc(Cl)cc2)c1. The standard InChI is InChI=1S/C18H13ClN2O/c19-16-8-6-13(7-9-16)14-10-15(12-20-11-14)18(22)21-17-4-2-1-3-5-17/h1-12H,(H,21,22). The van der Waals surface area contributed by atoms with Crippen molar-refractivity contribution in [1.29, 1.82) is 0 Å². The van der Waals surface area contributed by atoms with Crippen LogP contribution in [0.1, 0.15) is 10.4 Å². The molecule has 1 N–H and O–H groups in total. The van der Waals surface area contributed by atoms with Gasteiger partial charge in [0.1, 0.15) is 0 Å². The number of halogens is 1. The molecule has 0 atom stereocenters. The van der Waals surface area contributed by atoms with Gasteiger partial charge < -0.3 is 5.32 Å². The molecular formula is C18H13ClN2O. The molecule has 1 heterocycles. The molecule has 4 heteroatoms. The van der Waals surface area contributed by atoms with E-state index in [9.17, 15) is 4.79 Å². The van der Waals surface area contributed by atoms with Gasteiger partial charge in [-0.3, -0.25) is 9.78 Å². The molecule has 3 aromatic rings. The lowest BCUT2D eigenvalue weighted by molar-refractivity contribution is 0.102. The van der Waals surface area contributed by atoms with Crippen LogP contribution in [0, 0.1) is 0 Å². The number of carbonyl (C=O) groups excluding carboxylic acids is 1. The first-order valence-corrected chi connectivity index (χ1v) is 7.17. The second-order valence-corrected chi connectivity index (χ2v) is 5.23.